The molecule has 128 valence electrons. The molecule has 0 aliphatic carbocycles. The average molecular weight is 400 g/mol. The second-order valence-corrected chi connectivity index (χ2v) is 5.53. The molecule has 4 nitrogen and oxygen atoms in total. The van der Waals surface area contributed by atoms with E-state index in [1.807, 2.05) is 24.3 Å². The number of aromatic hydroxyl groups is 2. The van der Waals surface area contributed by atoms with Gasteiger partial charge in [-0.1, -0.05) is 36.4 Å². The Morgan fingerprint density at radius 3 is 2.32 bits per heavy atom. The number of phenols is 2. The van der Waals surface area contributed by atoms with E-state index in [4.69, 9.17) is 0 Å². The van der Waals surface area contributed by atoms with Gasteiger partial charge in [0.2, 0.25) is 5.78 Å². The number of aryl methyl sites for hydroxylation is 2. The highest BCUT2D eigenvalue weighted by Gasteiger charge is 2.13. The lowest BCUT2D eigenvalue weighted by Gasteiger charge is -2.06. The van der Waals surface area contributed by atoms with Crippen LogP contribution in [0.25, 0.3) is 0 Å². The van der Waals surface area contributed by atoms with Crippen molar-refractivity contribution in [1.29, 1.82) is 0 Å². The van der Waals surface area contributed by atoms with Crippen LogP contribution in [0.4, 0.5) is 0 Å². The molecule has 1 heterocycles. The SMILES string of the molecule is Br.O=C(c1ccc(O)c(O)c1)c1cccc(CCc2ccccc2)n1. The normalized spacial score (nSPS) is 10.1. The zero-order valence-electron chi connectivity index (χ0n) is 13.4. The van der Waals surface area contributed by atoms with Gasteiger partial charge in [-0.25, -0.2) is 4.98 Å². The molecule has 0 amide bonds. The number of hydrogen-bond donors (Lipinski definition) is 2. The molecule has 0 bridgehead atoms. The molecule has 25 heavy (non-hydrogen) atoms. The van der Waals surface area contributed by atoms with Crippen LogP contribution >= 0.6 is 17.0 Å². The summed E-state index contributed by atoms with van der Waals surface area (Å²) in [5.41, 5.74) is 2.68. The largest absolute Gasteiger partial charge is 0.504 e. The van der Waals surface area contributed by atoms with Crippen LogP contribution in [0, 0.1) is 0 Å². The van der Waals surface area contributed by atoms with Crippen LogP contribution in [-0.4, -0.2) is 21.0 Å². The van der Waals surface area contributed by atoms with E-state index in [1.165, 1.54) is 23.8 Å². The molecule has 0 spiro atoms. The van der Waals surface area contributed by atoms with Crippen LogP contribution in [0.1, 0.15) is 27.3 Å². The van der Waals surface area contributed by atoms with Gasteiger partial charge in [-0.2, -0.15) is 0 Å². The summed E-state index contributed by atoms with van der Waals surface area (Å²) in [5, 5.41) is 18.9. The molecule has 2 aromatic carbocycles. The number of ketones is 1. The number of pyridine rings is 1. The number of hydrogen-bond acceptors (Lipinski definition) is 4. The molecule has 0 fully saturated rings. The van der Waals surface area contributed by atoms with E-state index in [0.717, 1.165) is 18.5 Å². The lowest BCUT2D eigenvalue weighted by molar-refractivity contribution is 0.103. The van der Waals surface area contributed by atoms with Crippen LogP contribution in [0.5, 0.6) is 11.5 Å². The molecule has 0 radical (unpaired) electrons. The topological polar surface area (TPSA) is 70.4 Å². The van der Waals surface area contributed by atoms with Crippen LogP contribution < -0.4 is 0 Å². The number of carbonyl (C=O) groups is 1. The Hall–Kier alpha value is -2.66. The van der Waals surface area contributed by atoms with Crippen molar-refractivity contribution in [2.45, 2.75) is 12.8 Å². The van der Waals surface area contributed by atoms with E-state index in [1.54, 1.807) is 12.1 Å². The molecule has 0 saturated heterocycles. The van der Waals surface area contributed by atoms with Crippen LogP contribution in [0.15, 0.2) is 66.7 Å². The first kappa shape index (κ1) is 18.7. The summed E-state index contributed by atoms with van der Waals surface area (Å²) in [6.45, 7) is 0. The zero-order valence-corrected chi connectivity index (χ0v) is 15.1. The smallest absolute Gasteiger partial charge is 0.211 e. The van der Waals surface area contributed by atoms with Crippen molar-refractivity contribution in [3.05, 3.63) is 89.2 Å². The van der Waals surface area contributed by atoms with E-state index in [2.05, 4.69) is 17.1 Å². The molecule has 5 heteroatoms. The molecular weight excluding hydrogens is 382 g/mol. The first-order valence-electron chi connectivity index (χ1n) is 7.70. The van der Waals surface area contributed by atoms with Crippen LogP contribution in [0.2, 0.25) is 0 Å². The van der Waals surface area contributed by atoms with Crippen LogP contribution in [-0.2, 0) is 12.8 Å². The van der Waals surface area contributed by atoms with Crippen molar-refractivity contribution in [2.75, 3.05) is 0 Å². The Morgan fingerprint density at radius 1 is 0.840 bits per heavy atom. The Kier molecular flexibility index (Phi) is 6.31. The molecule has 0 unspecified atom stereocenters. The molecule has 1 aromatic heterocycles. The molecule has 0 aliphatic heterocycles. The number of rotatable bonds is 5. The Morgan fingerprint density at radius 2 is 1.60 bits per heavy atom. The number of benzene rings is 2. The van der Waals surface area contributed by atoms with Gasteiger partial charge in [-0.15, -0.1) is 17.0 Å². The van der Waals surface area contributed by atoms with Gasteiger partial charge in [0.25, 0.3) is 0 Å². The van der Waals surface area contributed by atoms with Crippen molar-refractivity contribution in [1.82, 2.24) is 4.98 Å². The third kappa shape index (κ3) is 4.67. The van der Waals surface area contributed by atoms with E-state index in [-0.39, 0.29) is 39.8 Å². The lowest BCUT2D eigenvalue weighted by atomic mass is 10.1. The highest BCUT2D eigenvalue weighted by molar-refractivity contribution is 8.93. The van der Waals surface area contributed by atoms with Crippen molar-refractivity contribution in [3.63, 3.8) is 0 Å². The minimum atomic E-state index is -0.318. The number of halogens is 1. The molecule has 0 atom stereocenters. The standard InChI is InChI=1S/C20H17NO3.BrH/c22-18-12-10-15(13-19(18)23)20(24)17-8-4-7-16(21-17)11-9-14-5-2-1-3-6-14;/h1-8,10,12-13,22-23H,9,11H2;1H. The molecule has 2 N–H and O–H groups in total. The monoisotopic (exact) mass is 399 g/mol. The minimum absolute atomic E-state index is 0. The van der Waals surface area contributed by atoms with E-state index < -0.39 is 0 Å². The van der Waals surface area contributed by atoms with E-state index in [9.17, 15) is 15.0 Å². The van der Waals surface area contributed by atoms with E-state index in [0.29, 0.717) is 5.69 Å². The van der Waals surface area contributed by atoms with Gasteiger partial charge in [0.05, 0.1) is 0 Å². The van der Waals surface area contributed by atoms with Crippen LogP contribution in [0.3, 0.4) is 0 Å². The summed E-state index contributed by atoms with van der Waals surface area (Å²) in [7, 11) is 0. The van der Waals surface area contributed by atoms with Crippen molar-refractivity contribution in [2.24, 2.45) is 0 Å². The Bertz CT molecular complexity index is 866. The molecule has 3 rings (SSSR count). The fourth-order valence-electron chi connectivity index (χ4n) is 2.47. The van der Waals surface area contributed by atoms with Gasteiger partial charge in [-0.3, -0.25) is 4.79 Å². The second-order valence-electron chi connectivity index (χ2n) is 5.53. The quantitative estimate of drug-likeness (QED) is 0.500. The maximum atomic E-state index is 12.5. The summed E-state index contributed by atoms with van der Waals surface area (Å²) in [6.07, 6.45) is 1.59. The predicted octanol–water partition coefficient (Wildman–Crippen LogP) is 4.09. The average Bonchev–Trinajstić information content (AvgIpc) is 2.63. The fourth-order valence-corrected chi connectivity index (χ4v) is 2.47. The number of carbonyl (C=O) groups excluding carboxylic acids is 1. The highest BCUT2D eigenvalue weighted by atomic mass is 79.9. The molecule has 0 aliphatic rings. The summed E-state index contributed by atoms with van der Waals surface area (Å²) in [4.78, 5) is 16.9. The first-order chi connectivity index (χ1) is 11.6. The maximum Gasteiger partial charge on any atom is 0.211 e. The fraction of sp³-hybridized carbons (Fsp3) is 0.100. The van der Waals surface area contributed by atoms with Gasteiger partial charge in [0, 0.05) is 11.3 Å². The van der Waals surface area contributed by atoms with E-state index >= 15 is 0 Å². The second kappa shape index (κ2) is 8.44. The van der Waals surface area contributed by atoms with Gasteiger partial charge >= 0.3 is 0 Å². The Labute approximate surface area is 156 Å². The Balaban J connectivity index is 0.00000225. The number of aromatic nitrogens is 1. The van der Waals surface area contributed by atoms with Crippen molar-refractivity contribution in [3.8, 4) is 11.5 Å². The predicted molar refractivity (Wildman–Crippen MR) is 102 cm³/mol. The third-order valence-electron chi connectivity index (χ3n) is 3.79. The van der Waals surface area contributed by atoms with Gasteiger partial charge in [0.1, 0.15) is 5.69 Å². The summed E-state index contributed by atoms with van der Waals surface area (Å²) in [6, 6.07) is 19.5. The van der Waals surface area contributed by atoms with Crippen molar-refractivity contribution >= 4 is 22.8 Å². The third-order valence-corrected chi connectivity index (χ3v) is 3.79. The number of phenolic OH excluding ortho intramolecular Hbond substituents is 2. The van der Waals surface area contributed by atoms with Gasteiger partial charge in [0.15, 0.2) is 11.5 Å². The zero-order chi connectivity index (χ0) is 16.9. The molecular formula is C20H18BrNO3. The summed E-state index contributed by atoms with van der Waals surface area (Å²) in [5.74, 6) is -0.857. The van der Waals surface area contributed by atoms with Gasteiger partial charge in [-0.05, 0) is 48.7 Å². The summed E-state index contributed by atoms with van der Waals surface area (Å²) < 4.78 is 0. The van der Waals surface area contributed by atoms with Crippen molar-refractivity contribution < 1.29 is 15.0 Å². The van der Waals surface area contributed by atoms with Gasteiger partial charge < -0.3 is 10.2 Å². The molecule has 3 aromatic rings. The minimum Gasteiger partial charge on any atom is -0.504 e. The lowest BCUT2D eigenvalue weighted by Crippen LogP contribution is -2.06. The maximum absolute atomic E-state index is 12.5. The number of nitrogens with zero attached hydrogens (tertiary/aromatic N) is 1. The highest BCUT2D eigenvalue weighted by Crippen LogP contribution is 2.25. The summed E-state index contributed by atoms with van der Waals surface area (Å²) >= 11 is 0. The first-order valence-corrected chi connectivity index (χ1v) is 7.70. The molecule has 0 saturated carbocycles.